The maximum atomic E-state index is 10.7. The molecule has 72 valence electrons. The van der Waals surface area contributed by atoms with Gasteiger partial charge in [0.15, 0.2) is 5.78 Å². The first kappa shape index (κ1) is 9.77. The van der Waals surface area contributed by atoms with Crippen molar-refractivity contribution in [2.24, 2.45) is 0 Å². The third-order valence-electron chi connectivity index (χ3n) is 2.08. The number of amides is 1. The van der Waals surface area contributed by atoms with E-state index >= 15 is 0 Å². The summed E-state index contributed by atoms with van der Waals surface area (Å²) in [4.78, 5) is 22.6. The van der Waals surface area contributed by atoms with Crippen LogP contribution in [0, 0.1) is 0 Å². The fourth-order valence-corrected chi connectivity index (χ4v) is 1.42. The lowest BCUT2D eigenvalue weighted by molar-refractivity contribution is -0.112. The van der Waals surface area contributed by atoms with Crippen molar-refractivity contribution in [2.45, 2.75) is 19.8 Å². The van der Waals surface area contributed by atoms with Gasteiger partial charge in [0.05, 0.1) is 0 Å². The van der Waals surface area contributed by atoms with Gasteiger partial charge in [-0.15, -0.1) is 0 Å². The van der Waals surface area contributed by atoms with E-state index in [1.165, 1.54) is 11.8 Å². The molecule has 0 aromatic carbocycles. The van der Waals surface area contributed by atoms with Gasteiger partial charge >= 0.3 is 6.09 Å². The number of likely N-dealkylation sites (tertiary alicyclic amines) is 1. The van der Waals surface area contributed by atoms with Crippen molar-refractivity contribution < 1.29 is 14.7 Å². The molecule has 1 N–H and O–H groups in total. The van der Waals surface area contributed by atoms with Crippen LogP contribution in [-0.2, 0) is 4.79 Å². The number of carboxylic acid groups (broad SMARTS) is 1. The monoisotopic (exact) mass is 183 g/mol. The fraction of sp³-hybridized carbons (Fsp3) is 0.556. The zero-order valence-electron chi connectivity index (χ0n) is 7.62. The van der Waals surface area contributed by atoms with Crippen molar-refractivity contribution in [3.8, 4) is 0 Å². The highest BCUT2D eigenvalue weighted by atomic mass is 16.4. The van der Waals surface area contributed by atoms with Gasteiger partial charge in [-0.3, -0.25) is 4.79 Å². The lowest BCUT2D eigenvalue weighted by atomic mass is 10.0. The number of piperidine rings is 1. The fourth-order valence-electron chi connectivity index (χ4n) is 1.42. The Kier molecular flexibility index (Phi) is 3.06. The average Bonchev–Trinajstić information content (AvgIpc) is 2.04. The van der Waals surface area contributed by atoms with Gasteiger partial charge in [-0.1, -0.05) is 5.57 Å². The van der Waals surface area contributed by atoms with Crippen LogP contribution in [0.15, 0.2) is 11.6 Å². The largest absolute Gasteiger partial charge is 0.465 e. The van der Waals surface area contributed by atoms with Crippen LogP contribution in [0.5, 0.6) is 0 Å². The predicted molar refractivity (Wildman–Crippen MR) is 47.6 cm³/mol. The minimum Gasteiger partial charge on any atom is -0.465 e. The summed E-state index contributed by atoms with van der Waals surface area (Å²) in [6.07, 6.45) is 2.11. The van der Waals surface area contributed by atoms with Gasteiger partial charge in [0.1, 0.15) is 0 Å². The molecule has 1 fully saturated rings. The van der Waals surface area contributed by atoms with E-state index in [0.29, 0.717) is 25.9 Å². The van der Waals surface area contributed by atoms with E-state index in [1.54, 1.807) is 6.08 Å². The highest BCUT2D eigenvalue weighted by Crippen LogP contribution is 2.15. The average molecular weight is 183 g/mol. The Morgan fingerprint density at radius 1 is 1.38 bits per heavy atom. The molecule has 0 atom stereocenters. The number of hydrogen-bond acceptors (Lipinski definition) is 2. The number of ketones is 1. The van der Waals surface area contributed by atoms with Crippen molar-refractivity contribution in [2.75, 3.05) is 13.1 Å². The molecule has 0 radical (unpaired) electrons. The summed E-state index contributed by atoms with van der Waals surface area (Å²) in [5, 5.41) is 8.65. The van der Waals surface area contributed by atoms with E-state index < -0.39 is 6.09 Å². The van der Waals surface area contributed by atoms with Crippen LogP contribution >= 0.6 is 0 Å². The first-order chi connectivity index (χ1) is 6.09. The van der Waals surface area contributed by atoms with Crippen LogP contribution in [0.1, 0.15) is 19.8 Å². The summed E-state index contributed by atoms with van der Waals surface area (Å²) in [6.45, 7) is 2.53. The SMILES string of the molecule is CC(=O)C=C1CCN(C(=O)O)CC1. The van der Waals surface area contributed by atoms with E-state index in [4.69, 9.17) is 5.11 Å². The maximum absolute atomic E-state index is 10.7. The van der Waals surface area contributed by atoms with Gasteiger partial charge in [-0.05, 0) is 25.8 Å². The van der Waals surface area contributed by atoms with E-state index in [2.05, 4.69) is 0 Å². The van der Waals surface area contributed by atoms with Crippen LogP contribution < -0.4 is 0 Å². The van der Waals surface area contributed by atoms with Gasteiger partial charge in [-0.25, -0.2) is 4.79 Å². The maximum Gasteiger partial charge on any atom is 0.407 e. The molecule has 13 heavy (non-hydrogen) atoms. The van der Waals surface area contributed by atoms with E-state index in [-0.39, 0.29) is 5.78 Å². The van der Waals surface area contributed by atoms with Gasteiger partial charge in [0, 0.05) is 13.1 Å². The molecule has 0 unspecified atom stereocenters. The second-order valence-corrected chi connectivity index (χ2v) is 3.18. The Labute approximate surface area is 76.8 Å². The molecular formula is C9H13NO3. The quantitative estimate of drug-likeness (QED) is 0.623. The van der Waals surface area contributed by atoms with E-state index in [0.717, 1.165) is 5.57 Å². The molecule has 4 heteroatoms. The topological polar surface area (TPSA) is 57.6 Å². The number of allylic oxidation sites excluding steroid dienone is 1. The highest BCUT2D eigenvalue weighted by Gasteiger charge is 2.17. The molecule has 1 aliphatic rings. The molecular weight excluding hydrogens is 170 g/mol. The Morgan fingerprint density at radius 3 is 2.31 bits per heavy atom. The molecule has 0 bridgehead atoms. The molecule has 0 spiro atoms. The number of hydrogen-bond donors (Lipinski definition) is 1. The van der Waals surface area contributed by atoms with Crippen molar-refractivity contribution in [1.82, 2.24) is 4.90 Å². The molecule has 1 rings (SSSR count). The lowest BCUT2D eigenvalue weighted by Crippen LogP contribution is -2.35. The number of carbonyl (C=O) groups excluding carboxylic acids is 1. The molecule has 1 saturated heterocycles. The second kappa shape index (κ2) is 4.07. The van der Waals surface area contributed by atoms with Crippen molar-refractivity contribution in [1.29, 1.82) is 0 Å². The summed E-state index contributed by atoms with van der Waals surface area (Å²) in [7, 11) is 0. The lowest BCUT2D eigenvalue weighted by Gasteiger charge is -2.25. The molecule has 0 saturated carbocycles. The number of nitrogens with zero attached hydrogens (tertiary/aromatic N) is 1. The van der Waals surface area contributed by atoms with Crippen LogP contribution in [0.4, 0.5) is 4.79 Å². The first-order valence-electron chi connectivity index (χ1n) is 4.27. The Bertz CT molecular complexity index is 248. The minimum atomic E-state index is -0.873. The summed E-state index contributed by atoms with van der Waals surface area (Å²) >= 11 is 0. The van der Waals surface area contributed by atoms with Crippen molar-refractivity contribution in [3.63, 3.8) is 0 Å². The van der Waals surface area contributed by atoms with Crippen LogP contribution in [0.3, 0.4) is 0 Å². The summed E-state index contributed by atoms with van der Waals surface area (Å²) in [5.74, 6) is 0.0405. The summed E-state index contributed by atoms with van der Waals surface area (Å²) in [6, 6.07) is 0. The third kappa shape index (κ3) is 2.89. The number of rotatable bonds is 1. The highest BCUT2D eigenvalue weighted by molar-refractivity contribution is 5.88. The molecule has 1 heterocycles. The Hall–Kier alpha value is -1.32. The predicted octanol–water partition coefficient (Wildman–Crippen LogP) is 1.28. The third-order valence-corrected chi connectivity index (χ3v) is 2.08. The summed E-state index contributed by atoms with van der Waals surface area (Å²) < 4.78 is 0. The summed E-state index contributed by atoms with van der Waals surface area (Å²) in [5.41, 5.74) is 1.06. The second-order valence-electron chi connectivity index (χ2n) is 3.18. The van der Waals surface area contributed by atoms with E-state index in [1.807, 2.05) is 0 Å². The van der Waals surface area contributed by atoms with Crippen molar-refractivity contribution in [3.05, 3.63) is 11.6 Å². The first-order valence-corrected chi connectivity index (χ1v) is 4.27. The molecule has 0 aromatic rings. The van der Waals surface area contributed by atoms with Gasteiger partial charge in [0.25, 0.3) is 0 Å². The Morgan fingerprint density at radius 2 is 1.92 bits per heavy atom. The van der Waals surface area contributed by atoms with Gasteiger partial charge in [-0.2, -0.15) is 0 Å². The number of carbonyl (C=O) groups is 2. The zero-order chi connectivity index (χ0) is 9.84. The van der Waals surface area contributed by atoms with Gasteiger partial charge in [0.2, 0.25) is 0 Å². The van der Waals surface area contributed by atoms with Crippen LogP contribution in [0.25, 0.3) is 0 Å². The minimum absolute atomic E-state index is 0.0405. The van der Waals surface area contributed by atoms with Gasteiger partial charge < -0.3 is 10.0 Å². The molecule has 1 amide bonds. The standard InChI is InChI=1S/C9H13NO3/c1-7(11)6-8-2-4-10(5-3-8)9(12)13/h6H,2-5H2,1H3,(H,12,13). The smallest absolute Gasteiger partial charge is 0.407 e. The molecule has 0 aromatic heterocycles. The molecule has 1 aliphatic heterocycles. The molecule has 4 nitrogen and oxygen atoms in total. The Balaban J connectivity index is 2.48. The van der Waals surface area contributed by atoms with Crippen molar-refractivity contribution >= 4 is 11.9 Å². The normalized spacial score (nSPS) is 17.0. The van der Waals surface area contributed by atoms with E-state index in [9.17, 15) is 9.59 Å². The van der Waals surface area contributed by atoms with Crippen LogP contribution in [-0.4, -0.2) is 35.0 Å². The van der Waals surface area contributed by atoms with Crippen LogP contribution in [0.2, 0.25) is 0 Å². The zero-order valence-corrected chi connectivity index (χ0v) is 7.62. The molecule has 0 aliphatic carbocycles.